The summed E-state index contributed by atoms with van der Waals surface area (Å²) in [5, 5.41) is 2.96. The van der Waals surface area contributed by atoms with E-state index in [2.05, 4.69) is 15.2 Å². The van der Waals surface area contributed by atoms with Gasteiger partial charge < -0.3 is 20.4 Å². The molecular formula is C24H25FN4O3. The molecule has 3 aromatic rings. The van der Waals surface area contributed by atoms with Crippen LogP contribution in [0.2, 0.25) is 0 Å². The number of anilines is 2. The van der Waals surface area contributed by atoms with Crippen molar-refractivity contribution < 1.29 is 18.4 Å². The standard InChI is InChI=1S/C24H25FN4O3/c25-18-6-2-1-5-17(18)21-15-27-23(32-21)10-9-22(30)28-19-7-3-4-8-20(19)29-13-11-16(12-14-29)24(26)31/h1-8,15-16H,9-14H2,(H2,26,31)(H,28,30). The fourth-order valence-corrected chi connectivity index (χ4v) is 3.90. The van der Waals surface area contributed by atoms with Gasteiger partial charge in [0.2, 0.25) is 11.8 Å². The van der Waals surface area contributed by atoms with Gasteiger partial charge >= 0.3 is 0 Å². The Morgan fingerprint density at radius 3 is 2.59 bits per heavy atom. The average molecular weight is 436 g/mol. The second-order valence-corrected chi connectivity index (χ2v) is 7.83. The van der Waals surface area contributed by atoms with Gasteiger partial charge in [-0.05, 0) is 37.1 Å². The van der Waals surface area contributed by atoms with Gasteiger partial charge in [0.05, 0.1) is 23.1 Å². The molecular weight excluding hydrogens is 411 g/mol. The van der Waals surface area contributed by atoms with Crippen molar-refractivity contribution in [3.05, 3.63) is 66.4 Å². The van der Waals surface area contributed by atoms with Crippen LogP contribution in [-0.2, 0) is 16.0 Å². The van der Waals surface area contributed by atoms with Crippen molar-refractivity contribution >= 4 is 23.2 Å². The van der Waals surface area contributed by atoms with Crippen LogP contribution in [0, 0.1) is 11.7 Å². The first-order valence-electron chi connectivity index (χ1n) is 10.6. The predicted molar refractivity (Wildman–Crippen MR) is 119 cm³/mol. The maximum atomic E-state index is 13.9. The maximum Gasteiger partial charge on any atom is 0.224 e. The van der Waals surface area contributed by atoms with E-state index in [0.717, 1.165) is 11.4 Å². The number of hydrogen-bond donors (Lipinski definition) is 2. The highest BCUT2D eigenvalue weighted by Crippen LogP contribution is 2.30. The molecule has 0 unspecified atom stereocenters. The minimum atomic E-state index is -0.385. The number of para-hydroxylation sites is 2. The van der Waals surface area contributed by atoms with E-state index in [1.54, 1.807) is 18.2 Å². The van der Waals surface area contributed by atoms with Crippen LogP contribution in [0.15, 0.2) is 59.1 Å². The van der Waals surface area contributed by atoms with E-state index in [-0.39, 0.29) is 30.0 Å². The third-order valence-corrected chi connectivity index (χ3v) is 5.67. The predicted octanol–water partition coefficient (Wildman–Crippen LogP) is 3.75. The Kier molecular flexibility index (Phi) is 6.49. The van der Waals surface area contributed by atoms with Gasteiger partial charge in [0.1, 0.15) is 5.82 Å². The number of primary amides is 1. The molecule has 1 aliphatic rings. The summed E-state index contributed by atoms with van der Waals surface area (Å²) >= 11 is 0. The number of nitrogens with one attached hydrogen (secondary N) is 1. The molecule has 2 heterocycles. The van der Waals surface area contributed by atoms with Crippen molar-refractivity contribution in [2.75, 3.05) is 23.3 Å². The van der Waals surface area contributed by atoms with Crippen molar-refractivity contribution in [2.24, 2.45) is 11.7 Å². The number of oxazole rings is 1. The first-order chi connectivity index (χ1) is 15.5. The zero-order chi connectivity index (χ0) is 22.5. The van der Waals surface area contributed by atoms with Crippen LogP contribution >= 0.6 is 0 Å². The molecule has 4 rings (SSSR count). The quantitative estimate of drug-likeness (QED) is 0.587. The van der Waals surface area contributed by atoms with Crippen molar-refractivity contribution in [1.82, 2.24) is 4.98 Å². The fraction of sp³-hybridized carbons (Fsp3) is 0.292. The van der Waals surface area contributed by atoms with Gasteiger partial charge in [0.25, 0.3) is 0 Å². The molecule has 32 heavy (non-hydrogen) atoms. The summed E-state index contributed by atoms with van der Waals surface area (Å²) in [6.45, 7) is 1.41. The second-order valence-electron chi connectivity index (χ2n) is 7.83. The van der Waals surface area contributed by atoms with E-state index in [9.17, 15) is 14.0 Å². The molecule has 1 aliphatic heterocycles. The number of amides is 2. The van der Waals surface area contributed by atoms with Crippen LogP contribution in [0.1, 0.15) is 25.2 Å². The molecule has 1 saturated heterocycles. The molecule has 0 aliphatic carbocycles. The minimum Gasteiger partial charge on any atom is -0.441 e. The number of rotatable bonds is 7. The van der Waals surface area contributed by atoms with Gasteiger partial charge in [0.15, 0.2) is 11.7 Å². The van der Waals surface area contributed by atoms with Crippen LogP contribution in [0.3, 0.4) is 0 Å². The van der Waals surface area contributed by atoms with E-state index in [0.29, 0.717) is 49.6 Å². The Balaban J connectivity index is 1.35. The number of nitrogens with zero attached hydrogens (tertiary/aromatic N) is 2. The van der Waals surface area contributed by atoms with Crippen molar-refractivity contribution in [3.63, 3.8) is 0 Å². The summed E-state index contributed by atoms with van der Waals surface area (Å²) in [5.41, 5.74) is 7.40. The molecule has 3 N–H and O–H groups in total. The highest BCUT2D eigenvalue weighted by Gasteiger charge is 2.24. The fourth-order valence-electron chi connectivity index (χ4n) is 3.90. The van der Waals surface area contributed by atoms with Gasteiger partial charge in [-0.2, -0.15) is 0 Å². The normalized spacial score (nSPS) is 14.3. The van der Waals surface area contributed by atoms with Crippen molar-refractivity contribution in [3.8, 4) is 11.3 Å². The molecule has 1 aromatic heterocycles. The Morgan fingerprint density at radius 2 is 1.84 bits per heavy atom. The van der Waals surface area contributed by atoms with E-state index in [4.69, 9.17) is 10.2 Å². The van der Waals surface area contributed by atoms with Gasteiger partial charge in [-0.1, -0.05) is 24.3 Å². The molecule has 1 fully saturated rings. The number of piperidine rings is 1. The van der Waals surface area contributed by atoms with E-state index < -0.39 is 0 Å². The number of nitrogens with two attached hydrogens (primary N) is 1. The van der Waals surface area contributed by atoms with Crippen LogP contribution in [0.25, 0.3) is 11.3 Å². The lowest BCUT2D eigenvalue weighted by Gasteiger charge is -2.33. The van der Waals surface area contributed by atoms with E-state index in [1.807, 2.05) is 24.3 Å². The van der Waals surface area contributed by atoms with Crippen molar-refractivity contribution in [2.45, 2.75) is 25.7 Å². The van der Waals surface area contributed by atoms with Gasteiger partial charge in [-0.15, -0.1) is 0 Å². The number of halogens is 1. The zero-order valence-corrected chi connectivity index (χ0v) is 17.6. The summed E-state index contributed by atoms with van der Waals surface area (Å²) in [6.07, 6.45) is 3.34. The van der Waals surface area contributed by atoms with E-state index in [1.165, 1.54) is 12.3 Å². The summed E-state index contributed by atoms with van der Waals surface area (Å²) in [6, 6.07) is 13.9. The summed E-state index contributed by atoms with van der Waals surface area (Å²) in [5.74, 6) is -0.193. The number of hydrogen-bond acceptors (Lipinski definition) is 5. The average Bonchev–Trinajstić information content (AvgIpc) is 3.27. The van der Waals surface area contributed by atoms with Gasteiger partial charge in [0, 0.05) is 31.8 Å². The number of carbonyl (C=O) groups is 2. The Bertz CT molecular complexity index is 1110. The third-order valence-electron chi connectivity index (χ3n) is 5.67. The molecule has 7 nitrogen and oxygen atoms in total. The van der Waals surface area contributed by atoms with Gasteiger partial charge in [-0.3, -0.25) is 9.59 Å². The largest absolute Gasteiger partial charge is 0.441 e. The summed E-state index contributed by atoms with van der Waals surface area (Å²) in [4.78, 5) is 30.3. The van der Waals surface area contributed by atoms with Crippen LogP contribution in [0.5, 0.6) is 0 Å². The maximum absolute atomic E-state index is 13.9. The molecule has 2 aromatic carbocycles. The molecule has 0 bridgehead atoms. The molecule has 166 valence electrons. The van der Waals surface area contributed by atoms with Crippen molar-refractivity contribution in [1.29, 1.82) is 0 Å². The Labute approximate surface area is 185 Å². The lowest BCUT2D eigenvalue weighted by atomic mass is 9.96. The first-order valence-corrected chi connectivity index (χ1v) is 10.6. The van der Waals surface area contributed by atoms with E-state index >= 15 is 0 Å². The molecule has 0 radical (unpaired) electrons. The topological polar surface area (TPSA) is 101 Å². The second kappa shape index (κ2) is 9.64. The molecule has 0 spiro atoms. The first kappa shape index (κ1) is 21.5. The molecule has 0 saturated carbocycles. The third kappa shape index (κ3) is 4.96. The van der Waals surface area contributed by atoms with Crippen LogP contribution < -0.4 is 16.0 Å². The minimum absolute atomic E-state index is 0.0944. The smallest absolute Gasteiger partial charge is 0.224 e. The van der Waals surface area contributed by atoms with Gasteiger partial charge in [-0.25, -0.2) is 9.37 Å². The number of aromatic nitrogens is 1. The molecule has 2 amide bonds. The Morgan fingerprint density at radius 1 is 1.12 bits per heavy atom. The highest BCUT2D eigenvalue weighted by atomic mass is 19.1. The van der Waals surface area contributed by atoms with Crippen LogP contribution in [-0.4, -0.2) is 29.9 Å². The van der Waals surface area contributed by atoms with Crippen LogP contribution in [0.4, 0.5) is 15.8 Å². The summed E-state index contributed by atoms with van der Waals surface area (Å²) in [7, 11) is 0. The lowest BCUT2D eigenvalue weighted by Crippen LogP contribution is -2.38. The summed E-state index contributed by atoms with van der Waals surface area (Å²) < 4.78 is 19.5. The number of benzene rings is 2. The molecule has 0 atom stereocenters. The lowest BCUT2D eigenvalue weighted by molar-refractivity contribution is -0.122. The highest BCUT2D eigenvalue weighted by molar-refractivity contribution is 5.94. The zero-order valence-electron chi connectivity index (χ0n) is 17.6. The number of aryl methyl sites for hydroxylation is 1. The molecule has 8 heteroatoms. The SMILES string of the molecule is NC(=O)C1CCN(c2ccccc2NC(=O)CCc2ncc(-c3ccccc3F)o2)CC1. The Hall–Kier alpha value is -3.68. The monoisotopic (exact) mass is 436 g/mol. The number of carbonyl (C=O) groups excluding carboxylic acids is 2.